The van der Waals surface area contributed by atoms with E-state index in [0.29, 0.717) is 6.54 Å². The zero-order chi connectivity index (χ0) is 13.2. The van der Waals surface area contributed by atoms with Gasteiger partial charge in [-0.3, -0.25) is 4.90 Å². The summed E-state index contributed by atoms with van der Waals surface area (Å²) in [5.74, 6) is 0. The number of primary amides is 1. The van der Waals surface area contributed by atoms with Crippen molar-refractivity contribution in [3.63, 3.8) is 0 Å². The van der Waals surface area contributed by atoms with E-state index in [2.05, 4.69) is 12.2 Å². The number of nitrogens with two attached hydrogens (primary N) is 1. The Bertz CT molecular complexity index is 340. The largest absolute Gasteiger partial charge is 0.351 e. The summed E-state index contributed by atoms with van der Waals surface area (Å²) >= 11 is 0. The molecule has 0 aromatic heterocycles. The quantitative estimate of drug-likeness (QED) is 0.695. The van der Waals surface area contributed by atoms with Gasteiger partial charge in [-0.1, -0.05) is 31.5 Å². The van der Waals surface area contributed by atoms with Gasteiger partial charge in [0.05, 0.1) is 0 Å². The Morgan fingerprint density at radius 2 is 1.89 bits per heavy atom. The van der Waals surface area contributed by atoms with Crippen LogP contribution in [0.4, 0.5) is 10.5 Å². The van der Waals surface area contributed by atoms with Crippen LogP contribution in [0.3, 0.4) is 0 Å². The summed E-state index contributed by atoms with van der Waals surface area (Å²) in [7, 11) is 0. The third-order valence-corrected chi connectivity index (χ3v) is 2.78. The molecule has 1 rings (SSSR count). The van der Waals surface area contributed by atoms with E-state index >= 15 is 0 Å². The highest BCUT2D eigenvalue weighted by Gasteiger charge is 2.10. The van der Waals surface area contributed by atoms with E-state index < -0.39 is 6.03 Å². The number of amides is 2. The van der Waals surface area contributed by atoms with Crippen molar-refractivity contribution in [2.75, 3.05) is 24.5 Å². The van der Waals surface area contributed by atoms with Gasteiger partial charge in [0.15, 0.2) is 0 Å². The molecule has 4 nitrogen and oxygen atoms in total. The van der Waals surface area contributed by atoms with Crippen molar-refractivity contribution in [3.05, 3.63) is 30.3 Å². The maximum absolute atomic E-state index is 11.4. The molecule has 0 spiro atoms. The molecule has 18 heavy (non-hydrogen) atoms. The Morgan fingerprint density at radius 3 is 2.50 bits per heavy atom. The molecule has 3 N–H and O–H groups in total. The molecular formula is C14H23N3O. The molecule has 0 aliphatic rings. The van der Waals surface area contributed by atoms with Crippen LogP contribution in [0, 0.1) is 0 Å². The summed E-state index contributed by atoms with van der Waals surface area (Å²) in [6.07, 6.45) is 3.30. The third-order valence-electron chi connectivity index (χ3n) is 2.78. The lowest BCUT2D eigenvalue weighted by atomic mass is 10.2. The number of benzene rings is 1. The number of carbonyl (C=O) groups is 1. The molecule has 0 radical (unpaired) electrons. The van der Waals surface area contributed by atoms with Crippen LogP contribution in [0.2, 0.25) is 0 Å². The van der Waals surface area contributed by atoms with Crippen molar-refractivity contribution < 1.29 is 4.79 Å². The van der Waals surface area contributed by atoms with Gasteiger partial charge in [0, 0.05) is 12.2 Å². The van der Waals surface area contributed by atoms with E-state index in [4.69, 9.17) is 5.73 Å². The van der Waals surface area contributed by atoms with Gasteiger partial charge < -0.3 is 11.1 Å². The Balaban J connectivity index is 2.34. The Hall–Kier alpha value is -1.55. The smallest absolute Gasteiger partial charge is 0.319 e. The molecule has 100 valence electrons. The van der Waals surface area contributed by atoms with Gasteiger partial charge in [0.2, 0.25) is 0 Å². The van der Waals surface area contributed by atoms with Crippen molar-refractivity contribution in [1.29, 1.82) is 0 Å². The minimum Gasteiger partial charge on any atom is -0.351 e. The van der Waals surface area contributed by atoms with Crippen LogP contribution in [0.5, 0.6) is 0 Å². The lowest BCUT2D eigenvalue weighted by molar-refractivity contribution is 0.254. The molecule has 0 aliphatic carbocycles. The highest BCUT2D eigenvalue weighted by molar-refractivity contribution is 5.90. The van der Waals surface area contributed by atoms with Crippen molar-refractivity contribution in [1.82, 2.24) is 5.32 Å². The van der Waals surface area contributed by atoms with E-state index in [-0.39, 0.29) is 0 Å². The molecule has 0 atom stereocenters. The second-order valence-corrected chi connectivity index (χ2v) is 4.28. The van der Waals surface area contributed by atoms with Crippen LogP contribution in [0.25, 0.3) is 0 Å². The molecule has 0 aliphatic heterocycles. The molecule has 0 saturated carbocycles. The molecule has 0 heterocycles. The first kappa shape index (κ1) is 14.5. The summed E-state index contributed by atoms with van der Waals surface area (Å²) in [5, 5.41) is 3.35. The monoisotopic (exact) mass is 249 g/mol. The topological polar surface area (TPSA) is 58.4 Å². The lowest BCUT2D eigenvalue weighted by Crippen LogP contribution is -2.37. The van der Waals surface area contributed by atoms with E-state index in [1.54, 1.807) is 4.90 Å². The number of para-hydroxylation sites is 1. The highest BCUT2D eigenvalue weighted by atomic mass is 16.2. The fraction of sp³-hybridized carbons (Fsp3) is 0.500. The number of hydrogen-bond acceptors (Lipinski definition) is 2. The van der Waals surface area contributed by atoms with Crippen molar-refractivity contribution in [3.8, 4) is 0 Å². The van der Waals surface area contributed by atoms with Gasteiger partial charge in [-0.05, 0) is 38.1 Å². The first-order valence-corrected chi connectivity index (χ1v) is 6.58. The van der Waals surface area contributed by atoms with Gasteiger partial charge in [0.1, 0.15) is 0 Å². The first-order chi connectivity index (χ1) is 8.75. The Kier molecular flexibility index (Phi) is 6.87. The number of carbonyl (C=O) groups excluding carboxylic acids is 1. The second kappa shape index (κ2) is 8.53. The minimum atomic E-state index is -0.394. The maximum atomic E-state index is 11.4. The lowest BCUT2D eigenvalue weighted by Gasteiger charge is -2.20. The van der Waals surface area contributed by atoms with Crippen LogP contribution in [0.1, 0.15) is 26.2 Å². The zero-order valence-corrected chi connectivity index (χ0v) is 11.1. The molecule has 2 amide bonds. The first-order valence-electron chi connectivity index (χ1n) is 6.58. The van der Waals surface area contributed by atoms with Crippen molar-refractivity contribution in [2.45, 2.75) is 26.2 Å². The number of unbranched alkanes of at least 4 members (excludes halogenated alkanes) is 1. The molecule has 0 bridgehead atoms. The summed E-state index contributed by atoms with van der Waals surface area (Å²) in [5.41, 5.74) is 6.26. The van der Waals surface area contributed by atoms with E-state index in [1.165, 1.54) is 12.8 Å². The van der Waals surface area contributed by atoms with Gasteiger partial charge in [-0.15, -0.1) is 0 Å². The number of nitrogens with one attached hydrogen (secondary N) is 1. The summed E-state index contributed by atoms with van der Waals surface area (Å²) in [6.45, 7) is 4.78. The van der Waals surface area contributed by atoms with Gasteiger partial charge in [-0.2, -0.15) is 0 Å². The van der Waals surface area contributed by atoms with Crippen LogP contribution >= 0.6 is 0 Å². The van der Waals surface area contributed by atoms with Gasteiger partial charge >= 0.3 is 6.03 Å². The van der Waals surface area contributed by atoms with Crippen LogP contribution in [-0.2, 0) is 0 Å². The number of anilines is 1. The molecule has 1 aromatic rings. The maximum Gasteiger partial charge on any atom is 0.319 e. The SMILES string of the molecule is CCCCNCCCN(C(N)=O)c1ccccc1. The van der Waals surface area contributed by atoms with Crippen LogP contribution < -0.4 is 16.0 Å². The summed E-state index contributed by atoms with van der Waals surface area (Å²) in [4.78, 5) is 13.0. The summed E-state index contributed by atoms with van der Waals surface area (Å²) in [6, 6.07) is 9.14. The molecule has 0 saturated heterocycles. The van der Waals surface area contributed by atoms with Crippen molar-refractivity contribution >= 4 is 11.7 Å². The molecule has 0 unspecified atom stereocenters. The Morgan fingerprint density at radius 1 is 1.22 bits per heavy atom. The number of hydrogen-bond donors (Lipinski definition) is 2. The van der Waals surface area contributed by atoms with Crippen LogP contribution in [0.15, 0.2) is 30.3 Å². The number of rotatable bonds is 8. The minimum absolute atomic E-state index is 0.394. The Labute approximate surface area is 109 Å². The molecular weight excluding hydrogens is 226 g/mol. The molecule has 0 fully saturated rings. The molecule has 4 heteroatoms. The van der Waals surface area contributed by atoms with Crippen molar-refractivity contribution in [2.24, 2.45) is 5.73 Å². The van der Waals surface area contributed by atoms with E-state index in [0.717, 1.165) is 25.2 Å². The normalized spacial score (nSPS) is 10.3. The van der Waals surface area contributed by atoms with Gasteiger partial charge in [-0.25, -0.2) is 4.79 Å². The van der Waals surface area contributed by atoms with E-state index in [1.807, 2.05) is 30.3 Å². The van der Waals surface area contributed by atoms with E-state index in [9.17, 15) is 4.79 Å². The predicted molar refractivity (Wildman–Crippen MR) is 75.8 cm³/mol. The van der Waals surface area contributed by atoms with Gasteiger partial charge in [0.25, 0.3) is 0 Å². The predicted octanol–water partition coefficient (Wildman–Crippen LogP) is 2.35. The number of urea groups is 1. The third kappa shape index (κ3) is 5.19. The van der Waals surface area contributed by atoms with Crippen LogP contribution in [-0.4, -0.2) is 25.7 Å². The highest BCUT2D eigenvalue weighted by Crippen LogP contribution is 2.12. The average molecular weight is 249 g/mol. The fourth-order valence-corrected chi connectivity index (χ4v) is 1.76. The molecule has 1 aromatic carbocycles. The fourth-order valence-electron chi connectivity index (χ4n) is 1.76. The zero-order valence-electron chi connectivity index (χ0n) is 11.1. The average Bonchev–Trinajstić information content (AvgIpc) is 2.38. The number of nitrogens with zero attached hydrogens (tertiary/aromatic N) is 1. The second-order valence-electron chi connectivity index (χ2n) is 4.28. The summed E-state index contributed by atoms with van der Waals surface area (Å²) < 4.78 is 0. The standard InChI is InChI=1S/C14H23N3O/c1-2-3-10-16-11-7-12-17(14(15)18)13-8-5-4-6-9-13/h4-6,8-9,16H,2-3,7,10-12H2,1H3,(H2,15,18).